The molecule has 1 aromatic carbocycles. The molecule has 1 aliphatic heterocycles. The SMILES string of the molecule is C[C@@H](CCCCc1ccccc1)[C@H](O)/C=C/[C@H]1CC(F)(F)C(=O)N1CCCCCCC(=O)O. The third kappa shape index (κ3) is 9.24. The smallest absolute Gasteiger partial charge is 0.327 e. The van der Waals surface area contributed by atoms with E-state index < -0.39 is 36.4 Å². The number of aliphatic carboxylic acids is 1. The number of aliphatic hydroxyl groups excluding tert-OH is 1. The van der Waals surface area contributed by atoms with Gasteiger partial charge in [0.1, 0.15) is 0 Å². The van der Waals surface area contributed by atoms with Crippen LogP contribution in [-0.4, -0.2) is 51.6 Å². The Morgan fingerprint density at radius 1 is 1.15 bits per heavy atom. The van der Waals surface area contributed by atoms with E-state index >= 15 is 0 Å². The highest BCUT2D eigenvalue weighted by molar-refractivity contribution is 5.86. The molecule has 3 atom stereocenters. The molecule has 5 nitrogen and oxygen atoms in total. The number of rotatable bonds is 15. The number of carboxylic acid groups (broad SMARTS) is 1. The molecule has 2 rings (SSSR count). The molecule has 7 heteroatoms. The number of benzene rings is 1. The van der Waals surface area contributed by atoms with Crippen molar-refractivity contribution in [1.82, 2.24) is 4.90 Å². The van der Waals surface area contributed by atoms with Gasteiger partial charge in [0.2, 0.25) is 0 Å². The number of carbonyl (C=O) groups is 2. The number of amides is 1. The number of likely N-dealkylation sites (tertiary alicyclic amines) is 1. The van der Waals surface area contributed by atoms with Crippen LogP contribution < -0.4 is 0 Å². The van der Waals surface area contributed by atoms with Gasteiger partial charge in [-0.05, 0) is 43.6 Å². The topological polar surface area (TPSA) is 77.8 Å². The predicted molar refractivity (Wildman–Crippen MR) is 124 cm³/mol. The van der Waals surface area contributed by atoms with E-state index in [1.165, 1.54) is 10.5 Å². The average Bonchev–Trinajstić information content (AvgIpc) is 3.00. The van der Waals surface area contributed by atoms with Crippen LogP contribution in [0.3, 0.4) is 0 Å². The minimum Gasteiger partial charge on any atom is -0.481 e. The summed E-state index contributed by atoms with van der Waals surface area (Å²) in [5, 5.41) is 19.1. The fourth-order valence-electron chi connectivity index (χ4n) is 4.21. The van der Waals surface area contributed by atoms with Gasteiger partial charge >= 0.3 is 11.9 Å². The fourth-order valence-corrected chi connectivity index (χ4v) is 4.21. The van der Waals surface area contributed by atoms with Gasteiger partial charge in [-0.25, -0.2) is 0 Å². The Hall–Kier alpha value is -2.28. The molecule has 1 amide bonds. The first-order chi connectivity index (χ1) is 15.7. The second kappa shape index (κ2) is 13.4. The van der Waals surface area contributed by atoms with E-state index in [0.717, 1.165) is 25.7 Å². The molecule has 33 heavy (non-hydrogen) atoms. The van der Waals surface area contributed by atoms with Gasteiger partial charge in [0, 0.05) is 19.4 Å². The Morgan fingerprint density at radius 3 is 2.55 bits per heavy atom. The Morgan fingerprint density at radius 2 is 1.85 bits per heavy atom. The molecule has 0 aliphatic carbocycles. The molecule has 1 heterocycles. The van der Waals surface area contributed by atoms with Gasteiger partial charge in [-0.2, -0.15) is 8.78 Å². The highest BCUT2D eigenvalue weighted by atomic mass is 19.3. The van der Waals surface area contributed by atoms with E-state index in [1.54, 1.807) is 12.2 Å². The maximum absolute atomic E-state index is 14.0. The number of unbranched alkanes of at least 4 members (excludes halogenated alkanes) is 4. The minimum atomic E-state index is -3.38. The summed E-state index contributed by atoms with van der Waals surface area (Å²) >= 11 is 0. The zero-order chi connectivity index (χ0) is 24.3. The molecule has 1 fully saturated rings. The van der Waals surface area contributed by atoms with Crippen LogP contribution in [0, 0.1) is 5.92 Å². The number of carboxylic acids is 1. The van der Waals surface area contributed by atoms with Crippen molar-refractivity contribution in [2.75, 3.05) is 6.54 Å². The van der Waals surface area contributed by atoms with Gasteiger partial charge in [0.25, 0.3) is 5.91 Å². The van der Waals surface area contributed by atoms with Crippen LogP contribution in [0.2, 0.25) is 0 Å². The Balaban J connectivity index is 1.77. The van der Waals surface area contributed by atoms with Gasteiger partial charge in [0.05, 0.1) is 12.1 Å². The number of nitrogens with zero attached hydrogens (tertiary/aromatic N) is 1. The Kier molecular flexibility index (Phi) is 11.0. The number of hydrogen-bond acceptors (Lipinski definition) is 3. The van der Waals surface area contributed by atoms with Crippen molar-refractivity contribution in [2.45, 2.75) is 89.2 Å². The van der Waals surface area contributed by atoms with Crippen LogP contribution in [0.1, 0.15) is 70.3 Å². The molecule has 0 aromatic heterocycles. The fraction of sp³-hybridized carbons (Fsp3) is 0.615. The van der Waals surface area contributed by atoms with Crippen LogP contribution in [0.15, 0.2) is 42.5 Å². The summed E-state index contributed by atoms with van der Waals surface area (Å²) in [4.78, 5) is 23.9. The number of aliphatic hydroxyl groups is 1. The predicted octanol–water partition coefficient (Wildman–Crippen LogP) is 5.22. The van der Waals surface area contributed by atoms with Gasteiger partial charge in [-0.3, -0.25) is 9.59 Å². The number of alkyl halides is 2. The normalized spacial score (nSPS) is 19.8. The molecule has 2 N–H and O–H groups in total. The lowest BCUT2D eigenvalue weighted by Crippen LogP contribution is -2.36. The summed E-state index contributed by atoms with van der Waals surface area (Å²) in [5.41, 5.74) is 1.29. The quantitative estimate of drug-likeness (QED) is 0.275. The summed E-state index contributed by atoms with van der Waals surface area (Å²) in [7, 11) is 0. The van der Waals surface area contributed by atoms with E-state index in [2.05, 4.69) is 12.1 Å². The Labute approximate surface area is 195 Å². The zero-order valence-corrected chi connectivity index (χ0v) is 19.5. The largest absolute Gasteiger partial charge is 0.481 e. The number of aryl methyl sites for hydroxylation is 1. The third-order valence-corrected chi connectivity index (χ3v) is 6.31. The van der Waals surface area contributed by atoms with Crippen LogP contribution >= 0.6 is 0 Å². The molecule has 1 aromatic rings. The average molecular weight is 466 g/mol. The van der Waals surface area contributed by atoms with Crippen molar-refractivity contribution < 1.29 is 28.6 Å². The number of carbonyl (C=O) groups excluding carboxylic acids is 1. The van der Waals surface area contributed by atoms with Crippen molar-refractivity contribution in [1.29, 1.82) is 0 Å². The summed E-state index contributed by atoms with van der Waals surface area (Å²) in [6.45, 7) is 2.16. The second-order valence-electron chi connectivity index (χ2n) is 9.12. The number of hydrogen-bond donors (Lipinski definition) is 2. The maximum Gasteiger partial charge on any atom is 0.327 e. The van der Waals surface area contributed by atoms with Crippen LogP contribution in [-0.2, 0) is 16.0 Å². The molecule has 0 radical (unpaired) electrons. The monoisotopic (exact) mass is 465 g/mol. The molecule has 0 spiro atoms. The lowest BCUT2D eigenvalue weighted by Gasteiger charge is -2.22. The molecule has 0 unspecified atom stereocenters. The highest BCUT2D eigenvalue weighted by Gasteiger charge is 2.52. The van der Waals surface area contributed by atoms with E-state index in [-0.39, 0.29) is 18.9 Å². The molecule has 1 aliphatic rings. The van der Waals surface area contributed by atoms with Crippen LogP contribution in [0.5, 0.6) is 0 Å². The van der Waals surface area contributed by atoms with Crippen molar-refractivity contribution >= 4 is 11.9 Å². The summed E-state index contributed by atoms with van der Waals surface area (Å²) < 4.78 is 28.1. The third-order valence-electron chi connectivity index (χ3n) is 6.31. The lowest BCUT2D eigenvalue weighted by atomic mass is 9.95. The second-order valence-corrected chi connectivity index (χ2v) is 9.12. The Bertz CT molecular complexity index is 769. The van der Waals surface area contributed by atoms with Gasteiger partial charge in [-0.15, -0.1) is 0 Å². The summed E-state index contributed by atoms with van der Waals surface area (Å²) in [5.74, 6) is -5.39. The molecular weight excluding hydrogens is 428 g/mol. The number of halogens is 2. The maximum atomic E-state index is 14.0. The van der Waals surface area contributed by atoms with Crippen molar-refractivity contribution in [3.63, 3.8) is 0 Å². The first-order valence-electron chi connectivity index (χ1n) is 12.0. The van der Waals surface area contributed by atoms with Crippen molar-refractivity contribution in [3.05, 3.63) is 48.0 Å². The minimum absolute atomic E-state index is 0.00248. The molecular formula is C26H37F2NO4. The highest BCUT2D eigenvalue weighted by Crippen LogP contribution is 2.34. The lowest BCUT2D eigenvalue weighted by molar-refractivity contribution is -0.148. The van der Waals surface area contributed by atoms with Crippen LogP contribution in [0.25, 0.3) is 0 Å². The zero-order valence-electron chi connectivity index (χ0n) is 19.5. The van der Waals surface area contributed by atoms with Gasteiger partial charge in [0.15, 0.2) is 0 Å². The summed E-state index contributed by atoms with van der Waals surface area (Å²) in [6, 6.07) is 9.50. The van der Waals surface area contributed by atoms with Gasteiger partial charge in [-0.1, -0.05) is 68.7 Å². The first-order valence-corrected chi connectivity index (χ1v) is 12.0. The van der Waals surface area contributed by atoms with E-state index in [0.29, 0.717) is 25.7 Å². The molecule has 184 valence electrons. The van der Waals surface area contributed by atoms with E-state index in [4.69, 9.17) is 5.11 Å². The molecule has 1 saturated heterocycles. The van der Waals surface area contributed by atoms with E-state index in [1.807, 2.05) is 25.1 Å². The van der Waals surface area contributed by atoms with Crippen molar-refractivity contribution in [2.24, 2.45) is 5.92 Å². The first kappa shape index (κ1) is 27.0. The summed E-state index contributed by atoms with van der Waals surface area (Å²) in [6.07, 6.45) is 8.15. The molecule has 0 bridgehead atoms. The van der Waals surface area contributed by atoms with Crippen molar-refractivity contribution in [3.8, 4) is 0 Å². The molecule has 0 saturated carbocycles. The van der Waals surface area contributed by atoms with Crippen LogP contribution in [0.4, 0.5) is 8.78 Å². The van der Waals surface area contributed by atoms with Gasteiger partial charge < -0.3 is 15.1 Å². The van der Waals surface area contributed by atoms with E-state index in [9.17, 15) is 23.5 Å². The standard InChI is InChI=1S/C26H37F2NO4/c1-20(11-8-9-14-21-12-5-4-6-13-21)23(30)17-16-22-19-26(27,28)25(33)29(22)18-10-3-2-7-15-24(31)32/h4-6,12-13,16-17,20,22-23,30H,2-3,7-11,14-15,18-19H2,1H3,(H,31,32)/b17-16+/t20-,22-,23+/m0/s1.